The summed E-state index contributed by atoms with van der Waals surface area (Å²) in [6.45, 7) is 0. The average Bonchev–Trinajstić information content (AvgIpc) is 2.13. The third-order valence-electron chi connectivity index (χ3n) is 2.93. The molecule has 16 heteroatoms. The van der Waals surface area contributed by atoms with Crippen LogP contribution in [0.15, 0.2) is 0 Å². The van der Waals surface area contributed by atoms with Gasteiger partial charge in [-0.25, -0.2) is 26.3 Å². The molecule has 0 aromatic heterocycles. The maximum atomic E-state index is 13.3. The van der Waals surface area contributed by atoms with E-state index < -0.39 is 74.1 Å². The second-order valence-corrected chi connectivity index (χ2v) is 6.09. The molecule has 0 nitrogen and oxygen atoms in total. The average molecular weight is 458 g/mol. The molecule has 0 fully saturated rings. The van der Waals surface area contributed by atoms with Crippen LogP contribution in [-0.4, -0.2) is 42.0 Å². The van der Waals surface area contributed by atoms with E-state index in [0.29, 0.717) is 0 Å². The van der Waals surface area contributed by atoms with Gasteiger partial charge in [0.2, 0.25) is 0 Å². The first-order valence-corrected chi connectivity index (χ1v) is 6.81. The highest BCUT2D eigenvalue weighted by Crippen LogP contribution is 2.50. The molecule has 0 amide bonds. The first-order valence-electron chi connectivity index (χ1n) is 6.81. The molecule has 0 aliphatic carbocycles. The molecule has 0 bridgehead atoms. The van der Waals surface area contributed by atoms with Gasteiger partial charge < -0.3 is 0 Å². The van der Waals surface area contributed by atoms with Crippen molar-refractivity contribution in [3.05, 3.63) is 0 Å². The summed E-state index contributed by atoms with van der Waals surface area (Å²) in [5.74, 6) is -28.9. The monoisotopic (exact) mass is 458 g/mol. The fourth-order valence-electron chi connectivity index (χ4n) is 2.06. The summed E-state index contributed by atoms with van der Waals surface area (Å²) in [5, 5.41) is 0. The van der Waals surface area contributed by atoms with Crippen LogP contribution in [0.3, 0.4) is 0 Å². The zero-order valence-electron chi connectivity index (χ0n) is 13.1. The van der Waals surface area contributed by atoms with E-state index in [9.17, 15) is 70.2 Å². The topological polar surface area (TPSA) is 0 Å². The molecular weight excluding hydrogens is 448 g/mol. The van der Waals surface area contributed by atoms with Crippen LogP contribution in [0.4, 0.5) is 70.2 Å². The molecule has 0 atom stereocenters. The van der Waals surface area contributed by atoms with Crippen LogP contribution in [0.25, 0.3) is 0 Å². The van der Waals surface area contributed by atoms with Crippen LogP contribution in [0.1, 0.15) is 32.1 Å². The lowest BCUT2D eigenvalue weighted by Gasteiger charge is -2.33. The normalized spacial score (nSPS) is 15.9. The van der Waals surface area contributed by atoms with Crippen molar-refractivity contribution in [3.8, 4) is 0 Å². The van der Waals surface area contributed by atoms with Crippen LogP contribution < -0.4 is 0 Å². The van der Waals surface area contributed by atoms with Gasteiger partial charge in [-0.2, -0.15) is 43.9 Å². The highest BCUT2D eigenvalue weighted by Gasteiger charge is 2.65. The Balaban J connectivity index is 5.35. The Morgan fingerprint density at radius 2 is 0.500 bits per heavy atom. The van der Waals surface area contributed by atoms with Crippen molar-refractivity contribution in [1.29, 1.82) is 0 Å². The molecule has 0 heterocycles. The lowest BCUT2D eigenvalue weighted by Crippen LogP contribution is -2.49. The zero-order chi connectivity index (χ0) is 23.0. The molecule has 0 aliphatic rings. The molecule has 0 aliphatic heterocycles. The molecule has 0 radical (unpaired) electrons. The summed E-state index contributed by atoms with van der Waals surface area (Å²) in [6, 6.07) is 0. The fraction of sp³-hybridized carbons (Fsp3) is 1.00. The SMILES string of the molecule is FC(F)(F)CC(F)(F)CC(F)(F)CC(F)(F)C(F)(F)CC(F)(F)CC(F)(F)F. The van der Waals surface area contributed by atoms with Gasteiger partial charge in [0, 0.05) is 0 Å². The van der Waals surface area contributed by atoms with Crippen molar-refractivity contribution in [2.75, 3.05) is 0 Å². The predicted octanol–water partition coefficient (Wildman–Crippen LogP) is 7.24. The highest BCUT2D eigenvalue weighted by atomic mass is 19.4. The molecule has 0 saturated carbocycles. The molecule has 0 unspecified atom stereocenters. The van der Waals surface area contributed by atoms with Crippen molar-refractivity contribution in [1.82, 2.24) is 0 Å². The van der Waals surface area contributed by atoms with Gasteiger partial charge in [0.1, 0.15) is 12.8 Å². The lowest BCUT2D eigenvalue weighted by molar-refractivity contribution is -0.279. The van der Waals surface area contributed by atoms with Crippen molar-refractivity contribution < 1.29 is 70.2 Å². The molecule has 0 aromatic carbocycles. The van der Waals surface area contributed by atoms with E-state index >= 15 is 0 Å². The Labute approximate surface area is 145 Å². The van der Waals surface area contributed by atoms with Gasteiger partial charge in [-0.1, -0.05) is 0 Å². The van der Waals surface area contributed by atoms with Crippen LogP contribution in [-0.2, 0) is 0 Å². The van der Waals surface area contributed by atoms with Crippen LogP contribution >= 0.6 is 0 Å². The van der Waals surface area contributed by atoms with Gasteiger partial charge in [0.25, 0.3) is 17.8 Å². The van der Waals surface area contributed by atoms with E-state index in [4.69, 9.17) is 0 Å². The van der Waals surface area contributed by atoms with Crippen molar-refractivity contribution >= 4 is 0 Å². The lowest BCUT2D eigenvalue weighted by atomic mass is 9.94. The Morgan fingerprint density at radius 3 is 0.750 bits per heavy atom. The quantitative estimate of drug-likeness (QED) is 0.320. The van der Waals surface area contributed by atoms with Gasteiger partial charge >= 0.3 is 24.2 Å². The molecule has 0 aromatic rings. The standard InChI is InChI=1S/C12H10F16/c13-6(14,1-7(15,16)4-11(23,24)25)2-9(19,20)10(21,22)3-8(17,18)5-12(26,27)28/h1-5H2. The molecule has 0 N–H and O–H groups in total. The van der Waals surface area contributed by atoms with E-state index in [1.807, 2.05) is 0 Å². The largest absolute Gasteiger partial charge is 0.394 e. The summed E-state index contributed by atoms with van der Waals surface area (Å²) >= 11 is 0. The summed E-state index contributed by atoms with van der Waals surface area (Å²) in [5.41, 5.74) is 0. The second kappa shape index (κ2) is 7.61. The van der Waals surface area contributed by atoms with Gasteiger partial charge in [-0.05, 0) is 0 Å². The Bertz CT molecular complexity index is 511. The predicted molar refractivity (Wildman–Crippen MR) is 59.9 cm³/mol. The minimum atomic E-state index is -6.24. The number of rotatable bonds is 9. The highest BCUT2D eigenvalue weighted by molar-refractivity contribution is 4.94. The summed E-state index contributed by atoms with van der Waals surface area (Å²) in [7, 11) is 0. The number of halogens is 16. The van der Waals surface area contributed by atoms with Crippen LogP contribution in [0.2, 0.25) is 0 Å². The fourth-order valence-corrected chi connectivity index (χ4v) is 2.06. The van der Waals surface area contributed by atoms with E-state index in [-0.39, 0.29) is 0 Å². The van der Waals surface area contributed by atoms with Crippen molar-refractivity contribution in [3.63, 3.8) is 0 Å². The van der Waals surface area contributed by atoms with Crippen molar-refractivity contribution in [2.24, 2.45) is 0 Å². The van der Waals surface area contributed by atoms with E-state index in [1.54, 1.807) is 0 Å². The Morgan fingerprint density at radius 1 is 0.286 bits per heavy atom. The molecule has 0 spiro atoms. The van der Waals surface area contributed by atoms with Crippen LogP contribution in [0, 0.1) is 0 Å². The number of hydrogen-bond acceptors (Lipinski definition) is 0. The smallest absolute Gasteiger partial charge is 0.206 e. The first-order chi connectivity index (χ1) is 11.8. The molecule has 170 valence electrons. The van der Waals surface area contributed by atoms with E-state index in [2.05, 4.69) is 0 Å². The zero-order valence-corrected chi connectivity index (χ0v) is 13.1. The van der Waals surface area contributed by atoms with Gasteiger partial charge in [0.15, 0.2) is 0 Å². The summed E-state index contributed by atoms with van der Waals surface area (Å²) in [4.78, 5) is 0. The van der Waals surface area contributed by atoms with E-state index in [1.165, 1.54) is 0 Å². The Hall–Kier alpha value is -1.12. The molecule has 28 heavy (non-hydrogen) atoms. The molecule has 0 saturated heterocycles. The summed E-state index contributed by atoms with van der Waals surface area (Å²) < 4.78 is 202. The minimum Gasteiger partial charge on any atom is -0.206 e. The van der Waals surface area contributed by atoms with Crippen molar-refractivity contribution in [2.45, 2.75) is 74.1 Å². The maximum absolute atomic E-state index is 13.3. The third kappa shape index (κ3) is 9.89. The van der Waals surface area contributed by atoms with Gasteiger partial charge in [-0.3, -0.25) is 0 Å². The minimum absolute atomic E-state index is 3.21. The van der Waals surface area contributed by atoms with Gasteiger partial charge in [0.05, 0.1) is 19.3 Å². The molecular formula is C12H10F16. The van der Waals surface area contributed by atoms with Gasteiger partial charge in [-0.15, -0.1) is 0 Å². The third-order valence-corrected chi connectivity index (χ3v) is 2.93. The summed E-state index contributed by atoms with van der Waals surface area (Å²) in [6.07, 6.45) is -28.5. The number of alkyl halides is 16. The van der Waals surface area contributed by atoms with Crippen LogP contribution in [0.5, 0.6) is 0 Å². The van der Waals surface area contributed by atoms with E-state index in [0.717, 1.165) is 0 Å². The molecule has 0 rings (SSSR count). The Kier molecular flexibility index (Phi) is 7.31. The second-order valence-electron chi connectivity index (χ2n) is 6.09. The first kappa shape index (κ1) is 26.9. The maximum Gasteiger partial charge on any atom is 0.394 e. The number of hydrogen-bond donors (Lipinski definition) is 0.